The molecule has 2 heterocycles. The van der Waals surface area contributed by atoms with Crippen LogP contribution in [-0.2, 0) is 4.74 Å². The van der Waals surface area contributed by atoms with Gasteiger partial charge < -0.3 is 9.47 Å². The summed E-state index contributed by atoms with van der Waals surface area (Å²) in [5, 5.41) is 8.35. The molecule has 2 aromatic carbocycles. The van der Waals surface area contributed by atoms with Crippen LogP contribution in [0.2, 0.25) is 0 Å². The predicted octanol–water partition coefficient (Wildman–Crippen LogP) is 4.57. The molecule has 0 N–H and O–H groups in total. The molecule has 0 radical (unpaired) electrons. The molecule has 27 heavy (non-hydrogen) atoms. The molecule has 140 valence electrons. The van der Waals surface area contributed by atoms with Gasteiger partial charge in [0.05, 0.1) is 24.8 Å². The second-order valence-corrected chi connectivity index (χ2v) is 6.49. The minimum absolute atomic E-state index is 0.0354. The first kappa shape index (κ1) is 20.8. The summed E-state index contributed by atoms with van der Waals surface area (Å²) in [7, 11) is 0. The van der Waals surface area contributed by atoms with Crippen molar-refractivity contribution in [3.63, 3.8) is 0 Å². The number of rotatable bonds is 0. The van der Waals surface area contributed by atoms with Gasteiger partial charge in [-0.1, -0.05) is 0 Å². The third-order valence-electron chi connectivity index (χ3n) is 4.38. The zero-order chi connectivity index (χ0) is 19.8. The summed E-state index contributed by atoms with van der Waals surface area (Å²) in [6.07, 6.45) is 8.74. The van der Waals surface area contributed by atoms with Crippen LogP contribution in [0.25, 0.3) is 0 Å². The van der Waals surface area contributed by atoms with Gasteiger partial charge >= 0.3 is 0 Å². The van der Waals surface area contributed by atoms with E-state index in [0.717, 1.165) is 17.4 Å². The van der Waals surface area contributed by atoms with Gasteiger partial charge in [0.15, 0.2) is 11.6 Å². The molecule has 3 nitrogen and oxygen atoms in total. The third kappa shape index (κ3) is 5.01. The average Bonchev–Trinajstić information content (AvgIpc) is 2.73. The highest BCUT2D eigenvalue weighted by molar-refractivity contribution is 7.80. The Morgan fingerprint density at radius 2 is 1.70 bits per heavy atom. The molecule has 6 heteroatoms. The Morgan fingerprint density at radius 3 is 2.37 bits per heavy atom. The lowest BCUT2D eigenvalue weighted by atomic mass is 9.80. The smallest absolute Gasteiger partial charge is 0.165 e. The number of nitrogens with zero attached hydrogens (tertiary/aromatic N) is 1. The van der Waals surface area contributed by atoms with Gasteiger partial charge in [0.2, 0.25) is 0 Å². The van der Waals surface area contributed by atoms with Crippen LogP contribution < -0.4 is 4.74 Å². The number of hydrogen-bond acceptors (Lipinski definition) is 4. The van der Waals surface area contributed by atoms with Gasteiger partial charge in [-0.15, -0.1) is 25.5 Å². The maximum Gasteiger partial charge on any atom is 0.165 e. The molecule has 2 aromatic rings. The second-order valence-electron chi connectivity index (χ2n) is 5.97. The zero-order valence-corrected chi connectivity index (χ0v) is 15.5. The zero-order valence-electron chi connectivity index (χ0n) is 14.6. The Labute approximate surface area is 163 Å². The van der Waals surface area contributed by atoms with Crippen molar-refractivity contribution in [2.24, 2.45) is 5.92 Å². The molecule has 2 unspecified atom stereocenters. The number of benzene rings is 2. The van der Waals surface area contributed by atoms with Gasteiger partial charge in [0.25, 0.3) is 0 Å². The number of fused-ring (bicyclic) bond motifs is 3. The van der Waals surface area contributed by atoms with Crippen LogP contribution >= 0.6 is 12.6 Å². The lowest BCUT2D eigenvalue weighted by Gasteiger charge is -2.36. The van der Waals surface area contributed by atoms with E-state index >= 15 is 0 Å². The van der Waals surface area contributed by atoms with Gasteiger partial charge in [-0.3, -0.25) is 0 Å². The van der Waals surface area contributed by atoms with E-state index in [1.165, 1.54) is 6.07 Å². The first-order valence-electron chi connectivity index (χ1n) is 8.31. The Kier molecular flexibility index (Phi) is 7.67. The third-order valence-corrected chi connectivity index (χ3v) is 4.68. The maximum absolute atomic E-state index is 13.7. The number of nitriles is 1. The predicted molar refractivity (Wildman–Crippen MR) is 102 cm³/mol. The molecule has 2 aliphatic rings. The summed E-state index contributed by atoms with van der Waals surface area (Å²) in [5.74, 6) is -0.553. The standard InChI is InChI=1S/C12H12F2O2.C7H5NS.C2H2/c13-9-1-2-10(14)12-11(9)8-3-4-15-5-7(8)6-16-12;8-5-6-1-3-7(9)4-2-6;1-2/h1-2,7-8H,3-6H2;1-4,9H;1-2H. The summed E-state index contributed by atoms with van der Waals surface area (Å²) in [5.41, 5.74) is 1.08. The Hall–Kier alpha value is -2.54. The van der Waals surface area contributed by atoms with Crippen LogP contribution in [0, 0.1) is 41.7 Å². The maximum atomic E-state index is 13.7. The van der Waals surface area contributed by atoms with Crippen molar-refractivity contribution >= 4 is 12.6 Å². The minimum Gasteiger partial charge on any atom is -0.490 e. The normalized spacial score (nSPS) is 19.4. The van der Waals surface area contributed by atoms with Crippen LogP contribution in [0.5, 0.6) is 5.75 Å². The van der Waals surface area contributed by atoms with Crippen molar-refractivity contribution < 1.29 is 18.3 Å². The van der Waals surface area contributed by atoms with Crippen LogP contribution in [-0.4, -0.2) is 19.8 Å². The summed E-state index contributed by atoms with van der Waals surface area (Å²) in [4.78, 5) is 0.883. The Morgan fingerprint density at radius 1 is 1.04 bits per heavy atom. The first-order valence-corrected chi connectivity index (χ1v) is 8.75. The molecule has 1 fully saturated rings. The summed E-state index contributed by atoms with van der Waals surface area (Å²) in [6.45, 7) is 1.59. The number of halogens is 2. The molecule has 0 aromatic heterocycles. The first-order chi connectivity index (χ1) is 13.1. The number of ether oxygens (including phenoxy) is 2. The van der Waals surface area contributed by atoms with Crippen molar-refractivity contribution in [1.82, 2.24) is 0 Å². The Balaban J connectivity index is 0.000000203. The van der Waals surface area contributed by atoms with Crippen molar-refractivity contribution in [3.05, 3.63) is 59.2 Å². The Bertz CT molecular complexity index is 831. The van der Waals surface area contributed by atoms with Crippen molar-refractivity contribution in [2.45, 2.75) is 17.2 Å². The molecular formula is C21H19F2NO2S. The molecule has 0 aliphatic carbocycles. The fourth-order valence-corrected chi connectivity index (χ4v) is 3.26. The summed E-state index contributed by atoms with van der Waals surface area (Å²) in [6, 6.07) is 11.4. The molecule has 2 aliphatic heterocycles. The average molecular weight is 387 g/mol. The van der Waals surface area contributed by atoms with Gasteiger partial charge in [0.1, 0.15) is 5.82 Å². The lowest BCUT2D eigenvalue weighted by Crippen LogP contribution is -2.35. The monoisotopic (exact) mass is 387 g/mol. The quantitative estimate of drug-likeness (QED) is 0.532. The van der Waals surface area contributed by atoms with Crippen LogP contribution in [0.15, 0.2) is 41.3 Å². The van der Waals surface area contributed by atoms with E-state index in [1.54, 1.807) is 24.3 Å². The second kappa shape index (κ2) is 9.97. The van der Waals surface area contributed by atoms with Gasteiger partial charge in [-0.25, -0.2) is 8.78 Å². The van der Waals surface area contributed by atoms with E-state index in [-0.39, 0.29) is 23.4 Å². The van der Waals surface area contributed by atoms with E-state index in [2.05, 4.69) is 25.5 Å². The number of terminal acetylenes is 1. The van der Waals surface area contributed by atoms with E-state index in [4.69, 9.17) is 14.7 Å². The minimum atomic E-state index is -0.471. The van der Waals surface area contributed by atoms with Crippen molar-refractivity contribution in [1.29, 1.82) is 5.26 Å². The van der Waals surface area contributed by atoms with E-state index < -0.39 is 5.82 Å². The number of thiol groups is 1. The highest BCUT2D eigenvalue weighted by atomic mass is 32.1. The molecule has 2 atom stereocenters. The van der Waals surface area contributed by atoms with Gasteiger partial charge in [0, 0.05) is 28.9 Å². The van der Waals surface area contributed by atoms with E-state index in [9.17, 15) is 8.78 Å². The van der Waals surface area contributed by atoms with Crippen molar-refractivity contribution in [2.75, 3.05) is 19.8 Å². The van der Waals surface area contributed by atoms with Crippen LogP contribution in [0.3, 0.4) is 0 Å². The van der Waals surface area contributed by atoms with Crippen LogP contribution in [0.4, 0.5) is 8.78 Å². The largest absolute Gasteiger partial charge is 0.490 e. The van der Waals surface area contributed by atoms with Gasteiger partial charge in [-0.05, 0) is 42.8 Å². The fraction of sp³-hybridized carbons (Fsp3) is 0.286. The fourth-order valence-electron chi connectivity index (χ4n) is 3.11. The van der Waals surface area contributed by atoms with Crippen molar-refractivity contribution in [3.8, 4) is 24.7 Å². The van der Waals surface area contributed by atoms with E-state index in [1.807, 2.05) is 6.07 Å². The highest BCUT2D eigenvalue weighted by Gasteiger charge is 2.36. The summed E-state index contributed by atoms with van der Waals surface area (Å²) < 4.78 is 37.9. The lowest BCUT2D eigenvalue weighted by molar-refractivity contribution is 0.00815. The van der Waals surface area contributed by atoms with Crippen LogP contribution in [0.1, 0.15) is 23.5 Å². The highest BCUT2D eigenvalue weighted by Crippen LogP contribution is 2.43. The molecule has 0 spiro atoms. The van der Waals surface area contributed by atoms with E-state index in [0.29, 0.717) is 30.9 Å². The van der Waals surface area contributed by atoms with Gasteiger partial charge in [-0.2, -0.15) is 5.26 Å². The molecular weight excluding hydrogens is 368 g/mol. The molecule has 4 rings (SSSR count). The molecule has 0 saturated carbocycles. The summed E-state index contributed by atoms with van der Waals surface area (Å²) >= 11 is 4.06. The topological polar surface area (TPSA) is 42.2 Å². The number of hydrogen-bond donors (Lipinski definition) is 1. The molecule has 0 amide bonds. The molecule has 1 saturated heterocycles. The molecule has 0 bridgehead atoms. The SMILES string of the molecule is C#C.Fc1ccc(F)c2c1OCC1COCCC21.N#Cc1ccc(S)cc1.